The molecule has 1 aliphatic heterocycles. The molecule has 1 saturated heterocycles. The highest BCUT2D eigenvalue weighted by Crippen LogP contribution is 2.32. The molecule has 4 atom stereocenters. The van der Waals surface area contributed by atoms with Gasteiger partial charge in [-0.25, -0.2) is 13.6 Å². The van der Waals surface area contributed by atoms with E-state index >= 15 is 0 Å². The van der Waals surface area contributed by atoms with Crippen LogP contribution in [0.25, 0.3) is 0 Å². The standard InChI is InChI=1S/C24H31F2N3O5/c1-5-15-6-8-16(9-7-15)14(2)27-21(31)18-12-17(30)13-29(18)22(32)20(28-23(33)34)24(3,4)11-10-19(25)26/h1,6-9,14,17-20,28,30H,10-13H2,2-4H3,(H,27,31)(H,33,34)/t14-,17+,18-,20?/m0/s1. The molecule has 2 rings (SSSR count). The number of aliphatic hydroxyl groups excluding tert-OH is 1. The van der Waals surface area contributed by atoms with Crippen LogP contribution >= 0.6 is 0 Å². The number of halogens is 2. The third kappa shape index (κ3) is 6.90. The van der Waals surface area contributed by atoms with Crippen molar-refractivity contribution in [3.05, 3.63) is 35.4 Å². The largest absolute Gasteiger partial charge is 0.465 e. The summed E-state index contributed by atoms with van der Waals surface area (Å²) in [7, 11) is 0. The molecule has 186 valence electrons. The fourth-order valence-corrected chi connectivity index (χ4v) is 4.07. The monoisotopic (exact) mass is 479 g/mol. The average Bonchev–Trinajstić information content (AvgIpc) is 3.17. The molecule has 34 heavy (non-hydrogen) atoms. The summed E-state index contributed by atoms with van der Waals surface area (Å²) < 4.78 is 25.6. The van der Waals surface area contributed by atoms with Crippen LogP contribution in [0.5, 0.6) is 0 Å². The van der Waals surface area contributed by atoms with Gasteiger partial charge in [0.2, 0.25) is 18.2 Å². The molecule has 1 fully saturated rings. The quantitative estimate of drug-likeness (QED) is 0.406. The van der Waals surface area contributed by atoms with Crippen LogP contribution in [0.15, 0.2) is 24.3 Å². The minimum Gasteiger partial charge on any atom is -0.465 e. The molecule has 0 aromatic heterocycles. The van der Waals surface area contributed by atoms with E-state index in [2.05, 4.69) is 16.6 Å². The highest BCUT2D eigenvalue weighted by Gasteiger charge is 2.46. The van der Waals surface area contributed by atoms with Crippen LogP contribution in [0.1, 0.15) is 57.2 Å². The summed E-state index contributed by atoms with van der Waals surface area (Å²) in [5, 5.41) is 24.4. The summed E-state index contributed by atoms with van der Waals surface area (Å²) >= 11 is 0. The van der Waals surface area contributed by atoms with Crippen molar-refractivity contribution in [2.24, 2.45) is 5.41 Å². The van der Waals surface area contributed by atoms with Gasteiger partial charge in [-0.15, -0.1) is 6.42 Å². The minimum absolute atomic E-state index is 0.0302. The van der Waals surface area contributed by atoms with E-state index in [0.29, 0.717) is 5.56 Å². The zero-order chi connectivity index (χ0) is 25.6. The van der Waals surface area contributed by atoms with Crippen molar-refractivity contribution in [3.63, 3.8) is 0 Å². The molecule has 0 aliphatic carbocycles. The van der Waals surface area contributed by atoms with E-state index in [4.69, 9.17) is 6.42 Å². The van der Waals surface area contributed by atoms with Crippen molar-refractivity contribution in [2.75, 3.05) is 6.54 Å². The first-order valence-corrected chi connectivity index (χ1v) is 11.0. The zero-order valence-electron chi connectivity index (χ0n) is 19.4. The van der Waals surface area contributed by atoms with Crippen molar-refractivity contribution in [2.45, 2.75) is 70.7 Å². The number of benzene rings is 1. The average molecular weight is 480 g/mol. The third-order valence-corrected chi connectivity index (χ3v) is 6.10. The van der Waals surface area contributed by atoms with Crippen molar-refractivity contribution in [3.8, 4) is 12.3 Å². The summed E-state index contributed by atoms with van der Waals surface area (Å²) in [6.07, 6.45) is -0.401. The first kappa shape index (κ1) is 27.1. The van der Waals surface area contributed by atoms with Crippen molar-refractivity contribution >= 4 is 17.9 Å². The van der Waals surface area contributed by atoms with Gasteiger partial charge in [0.1, 0.15) is 12.1 Å². The second kappa shape index (κ2) is 11.3. The van der Waals surface area contributed by atoms with Crippen LogP contribution in [0, 0.1) is 17.8 Å². The molecule has 4 N–H and O–H groups in total. The van der Waals surface area contributed by atoms with E-state index < -0.39 is 60.4 Å². The third-order valence-electron chi connectivity index (χ3n) is 6.10. The second-order valence-electron chi connectivity index (χ2n) is 9.19. The first-order chi connectivity index (χ1) is 15.9. The topological polar surface area (TPSA) is 119 Å². The number of β-amino-alcohol motifs (C(OH)–C–C–N with tert-alkyl or cyclic N) is 1. The van der Waals surface area contributed by atoms with Gasteiger partial charge in [-0.2, -0.15) is 0 Å². The lowest BCUT2D eigenvalue weighted by Crippen LogP contribution is -2.58. The number of carboxylic acid groups (broad SMARTS) is 1. The van der Waals surface area contributed by atoms with E-state index in [1.807, 2.05) is 0 Å². The summed E-state index contributed by atoms with van der Waals surface area (Å²) in [6.45, 7) is 4.60. The predicted molar refractivity (Wildman–Crippen MR) is 121 cm³/mol. The Morgan fingerprint density at radius 3 is 2.38 bits per heavy atom. The number of carbonyl (C=O) groups excluding carboxylic acids is 2. The number of nitrogens with one attached hydrogen (secondary N) is 2. The summed E-state index contributed by atoms with van der Waals surface area (Å²) in [6, 6.07) is 4.16. The Morgan fingerprint density at radius 1 is 1.24 bits per heavy atom. The van der Waals surface area contributed by atoms with Gasteiger partial charge < -0.3 is 25.7 Å². The maximum Gasteiger partial charge on any atom is 0.405 e. The van der Waals surface area contributed by atoms with Crippen LogP contribution in [-0.2, 0) is 9.59 Å². The summed E-state index contributed by atoms with van der Waals surface area (Å²) in [5.74, 6) is 1.24. The molecular weight excluding hydrogens is 448 g/mol. The van der Waals surface area contributed by atoms with Crippen molar-refractivity contribution in [1.29, 1.82) is 0 Å². The van der Waals surface area contributed by atoms with Crippen LogP contribution in [0.3, 0.4) is 0 Å². The Balaban J connectivity index is 2.21. The molecule has 0 radical (unpaired) electrons. The number of terminal acetylenes is 1. The number of carbonyl (C=O) groups is 3. The predicted octanol–water partition coefficient (Wildman–Crippen LogP) is 2.51. The van der Waals surface area contributed by atoms with E-state index in [0.717, 1.165) is 10.5 Å². The molecule has 1 aliphatic rings. The lowest BCUT2D eigenvalue weighted by molar-refractivity contribution is -0.142. The Labute approximate surface area is 197 Å². The van der Waals surface area contributed by atoms with E-state index in [1.54, 1.807) is 31.2 Å². The molecule has 1 unspecified atom stereocenters. The molecule has 10 heteroatoms. The van der Waals surface area contributed by atoms with E-state index in [1.165, 1.54) is 13.8 Å². The van der Waals surface area contributed by atoms with Gasteiger partial charge in [-0.05, 0) is 36.5 Å². The van der Waals surface area contributed by atoms with Crippen LogP contribution in [0.4, 0.5) is 13.6 Å². The summed E-state index contributed by atoms with van der Waals surface area (Å²) in [4.78, 5) is 38.9. The molecule has 1 aromatic rings. The maximum absolute atomic E-state index is 13.4. The molecule has 0 spiro atoms. The Morgan fingerprint density at radius 2 is 1.85 bits per heavy atom. The summed E-state index contributed by atoms with van der Waals surface area (Å²) in [5.41, 5.74) is 0.304. The molecule has 3 amide bonds. The van der Waals surface area contributed by atoms with Gasteiger partial charge in [-0.3, -0.25) is 9.59 Å². The highest BCUT2D eigenvalue weighted by molar-refractivity contribution is 5.92. The zero-order valence-corrected chi connectivity index (χ0v) is 19.4. The number of rotatable bonds is 9. The number of alkyl halides is 2. The Kier molecular flexibility index (Phi) is 8.99. The SMILES string of the molecule is C#Cc1ccc([C@H](C)NC(=O)[C@@H]2C[C@@H](O)CN2C(=O)C(NC(=O)O)C(C)(C)CCC(F)F)cc1. The molecule has 1 aromatic carbocycles. The Bertz CT molecular complexity index is 930. The van der Waals surface area contributed by atoms with E-state index in [9.17, 15) is 33.4 Å². The van der Waals surface area contributed by atoms with Crippen LogP contribution < -0.4 is 10.6 Å². The molecule has 0 saturated carbocycles. The van der Waals surface area contributed by atoms with E-state index in [-0.39, 0.29) is 19.4 Å². The minimum atomic E-state index is -2.61. The number of amides is 3. The fourth-order valence-electron chi connectivity index (χ4n) is 4.07. The van der Waals surface area contributed by atoms with Crippen molar-refractivity contribution < 1.29 is 33.4 Å². The smallest absolute Gasteiger partial charge is 0.405 e. The molecule has 0 bridgehead atoms. The highest BCUT2D eigenvalue weighted by atomic mass is 19.3. The van der Waals surface area contributed by atoms with Gasteiger partial charge in [0.15, 0.2) is 0 Å². The lowest BCUT2D eigenvalue weighted by Gasteiger charge is -2.37. The Hall–Kier alpha value is -3.19. The van der Waals surface area contributed by atoms with Gasteiger partial charge in [-0.1, -0.05) is 31.9 Å². The number of aliphatic hydroxyl groups is 1. The fraction of sp³-hybridized carbons (Fsp3) is 0.542. The number of hydrogen-bond donors (Lipinski definition) is 4. The van der Waals surface area contributed by atoms with Gasteiger partial charge in [0.25, 0.3) is 0 Å². The lowest BCUT2D eigenvalue weighted by atomic mass is 9.79. The van der Waals surface area contributed by atoms with Gasteiger partial charge in [0, 0.05) is 24.9 Å². The van der Waals surface area contributed by atoms with Crippen LogP contribution in [0.2, 0.25) is 0 Å². The molecule has 1 heterocycles. The van der Waals surface area contributed by atoms with Gasteiger partial charge >= 0.3 is 6.09 Å². The molecular formula is C24H31F2N3O5. The number of likely N-dealkylation sites (tertiary alicyclic amines) is 1. The van der Waals surface area contributed by atoms with Crippen molar-refractivity contribution in [1.82, 2.24) is 15.5 Å². The molecule has 8 nitrogen and oxygen atoms in total. The maximum atomic E-state index is 13.4. The second-order valence-corrected chi connectivity index (χ2v) is 9.19. The normalized spacial score (nSPS) is 19.9. The van der Waals surface area contributed by atoms with Gasteiger partial charge in [0.05, 0.1) is 12.1 Å². The number of nitrogens with zero attached hydrogens (tertiary/aromatic N) is 1. The first-order valence-electron chi connectivity index (χ1n) is 11.0. The number of hydrogen-bond acceptors (Lipinski definition) is 4. The van der Waals surface area contributed by atoms with Crippen LogP contribution in [-0.4, -0.2) is 64.2 Å².